The van der Waals surface area contributed by atoms with Crippen LogP contribution in [0.2, 0.25) is 0 Å². The minimum Gasteiger partial charge on any atom is -0.398 e. The Morgan fingerprint density at radius 1 is 0.429 bits per heavy atom. The van der Waals surface area contributed by atoms with Crippen molar-refractivity contribution < 1.29 is 0 Å². The zero-order valence-electron chi connectivity index (χ0n) is 34.6. The highest BCUT2D eigenvalue weighted by Gasteiger charge is 2.59. The third-order valence-corrected chi connectivity index (χ3v) is 15.3. The van der Waals surface area contributed by atoms with Gasteiger partial charge in [-0.05, 0) is 120 Å². The molecule has 0 radical (unpaired) electrons. The molecule has 10 aromatic rings. The SMILES string of the molecule is N/C(=C\C(=C/Cc1ccccc1)c1cccc2c1C1(c3cc4c(cc3-2)sc2ccccc24)c2ccccc2C2(c3ccccc3-c3ccccc32)c2ccccc21)c1ccccc1. The molecule has 0 fully saturated rings. The van der Waals surface area contributed by atoms with E-state index in [1.165, 1.54) is 98.1 Å². The molecule has 3 aliphatic carbocycles. The van der Waals surface area contributed by atoms with Gasteiger partial charge in [-0.2, -0.15) is 0 Å². The molecule has 0 saturated heterocycles. The van der Waals surface area contributed by atoms with Crippen LogP contribution in [0.15, 0.2) is 224 Å². The molecule has 2 heteroatoms. The summed E-state index contributed by atoms with van der Waals surface area (Å²) in [5.74, 6) is 0. The zero-order chi connectivity index (χ0) is 41.7. The molecule has 0 unspecified atom stereocenters. The monoisotopic (exact) mass is 819 g/mol. The van der Waals surface area contributed by atoms with E-state index in [-0.39, 0.29) is 0 Å². The van der Waals surface area contributed by atoms with Crippen LogP contribution in [0, 0.1) is 0 Å². The number of rotatable bonds is 5. The van der Waals surface area contributed by atoms with Crippen molar-refractivity contribution in [2.75, 3.05) is 0 Å². The largest absolute Gasteiger partial charge is 0.398 e. The molecule has 3 aliphatic rings. The molecule has 1 heterocycles. The minimum absolute atomic E-state index is 0.522. The second-order valence-corrected chi connectivity index (χ2v) is 18.3. The van der Waals surface area contributed by atoms with Crippen molar-refractivity contribution >= 4 is 42.8 Å². The standard InChI is InChI=1S/C61H41NS/c62-56(40-20-5-2-6-21-40)36-41(35-34-39-18-3-1-4-19-39)42-25-17-26-46-47-38-58-48(45-24-9-16-33-57(45)63-58)37-55(47)61(59(42)46)53-31-14-12-29-51(53)60(52-30-13-15-32-54(52)61)49-27-10-7-22-43(49)44-23-8-11-28-50(44)60/h1-33,35-38H,34,62H2/b41-35+,56-36-. The molecule has 2 N–H and O–H groups in total. The van der Waals surface area contributed by atoms with Gasteiger partial charge in [0.2, 0.25) is 0 Å². The third-order valence-electron chi connectivity index (χ3n) is 14.2. The molecule has 9 aromatic carbocycles. The predicted octanol–water partition coefficient (Wildman–Crippen LogP) is 14.7. The average Bonchev–Trinajstić information content (AvgIpc) is 3.97. The maximum absolute atomic E-state index is 7.15. The number of fused-ring (bicyclic) bond motifs is 19. The topological polar surface area (TPSA) is 26.0 Å². The fourth-order valence-corrected chi connectivity index (χ4v) is 12.9. The Balaban J connectivity index is 1.19. The quantitative estimate of drug-likeness (QED) is 0.172. The first kappa shape index (κ1) is 36.2. The van der Waals surface area contributed by atoms with Crippen molar-refractivity contribution in [3.63, 3.8) is 0 Å². The lowest BCUT2D eigenvalue weighted by molar-refractivity contribution is 0.632. The number of hydrogen-bond acceptors (Lipinski definition) is 2. The van der Waals surface area contributed by atoms with Gasteiger partial charge in [-0.15, -0.1) is 11.3 Å². The number of benzene rings is 9. The van der Waals surface area contributed by atoms with Crippen molar-refractivity contribution in [3.8, 4) is 22.3 Å². The van der Waals surface area contributed by atoms with Crippen LogP contribution in [0.25, 0.3) is 53.7 Å². The van der Waals surface area contributed by atoms with Crippen LogP contribution < -0.4 is 5.73 Å². The number of nitrogens with two attached hydrogens (primary N) is 1. The van der Waals surface area contributed by atoms with Crippen LogP contribution in [0.5, 0.6) is 0 Å². The summed E-state index contributed by atoms with van der Waals surface area (Å²) >= 11 is 1.89. The smallest absolute Gasteiger partial charge is 0.0726 e. The van der Waals surface area contributed by atoms with Crippen molar-refractivity contribution in [1.29, 1.82) is 0 Å². The Morgan fingerprint density at radius 2 is 0.968 bits per heavy atom. The summed E-state index contributed by atoms with van der Waals surface area (Å²) in [5.41, 5.74) is 27.1. The summed E-state index contributed by atoms with van der Waals surface area (Å²) in [7, 11) is 0. The van der Waals surface area contributed by atoms with Crippen molar-refractivity contribution in [2.24, 2.45) is 5.73 Å². The Morgan fingerprint density at radius 3 is 1.63 bits per heavy atom. The van der Waals surface area contributed by atoms with E-state index in [1.807, 2.05) is 17.4 Å². The Hall–Kier alpha value is -7.52. The second kappa shape index (κ2) is 13.7. The van der Waals surface area contributed by atoms with Crippen molar-refractivity contribution in [3.05, 3.63) is 286 Å². The molecule has 0 aliphatic heterocycles. The Labute approximate surface area is 371 Å². The highest BCUT2D eigenvalue weighted by Crippen LogP contribution is 2.68. The summed E-state index contributed by atoms with van der Waals surface area (Å²) in [6.07, 6.45) is 5.39. The minimum atomic E-state index is -0.676. The van der Waals surface area contributed by atoms with Crippen LogP contribution in [0.4, 0.5) is 0 Å². The van der Waals surface area contributed by atoms with Crippen LogP contribution in [0.3, 0.4) is 0 Å². The van der Waals surface area contributed by atoms with Gasteiger partial charge < -0.3 is 5.73 Å². The van der Waals surface area contributed by atoms with Gasteiger partial charge in [-0.3, -0.25) is 0 Å². The lowest BCUT2D eigenvalue weighted by Gasteiger charge is -2.49. The molecular formula is C61H41NS. The van der Waals surface area contributed by atoms with E-state index >= 15 is 0 Å². The third kappa shape index (κ3) is 4.93. The molecular weight excluding hydrogens is 779 g/mol. The number of thiophene rings is 1. The zero-order valence-corrected chi connectivity index (χ0v) is 35.4. The summed E-state index contributed by atoms with van der Waals surface area (Å²) in [5, 5.41) is 2.61. The molecule has 1 nitrogen and oxygen atoms in total. The van der Waals surface area contributed by atoms with E-state index in [1.54, 1.807) is 0 Å². The summed E-state index contributed by atoms with van der Waals surface area (Å²) in [4.78, 5) is 0. The van der Waals surface area contributed by atoms with Crippen LogP contribution in [-0.2, 0) is 17.3 Å². The molecule has 0 saturated carbocycles. The van der Waals surface area contributed by atoms with E-state index in [0.29, 0.717) is 0 Å². The van der Waals surface area contributed by atoms with Crippen molar-refractivity contribution in [2.45, 2.75) is 17.3 Å². The first-order chi connectivity index (χ1) is 31.2. The first-order valence-corrected chi connectivity index (χ1v) is 22.7. The maximum Gasteiger partial charge on any atom is 0.0726 e. The fraction of sp³-hybridized carbons (Fsp3) is 0.0492. The summed E-state index contributed by atoms with van der Waals surface area (Å²) < 4.78 is 2.62. The van der Waals surface area contributed by atoms with Gasteiger partial charge in [0.25, 0.3) is 0 Å². The van der Waals surface area contributed by atoms with Gasteiger partial charge in [0, 0.05) is 25.9 Å². The van der Waals surface area contributed by atoms with Gasteiger partial charge in [0.15, 0.2) is 0 Å². The van der Waals surface area contributed by atoms with Gasteiger partial charge in [-0.25, -0.2) is 0 Å². The fourth-order valence-electron chi connectivity index (χ4n) is 11.8. The summed E-state index contributed by atoms with van der Waals surface area (Å²) in [6, 6.07) is 79.2. The number of allylic oxidation sites excluding steroid dienone is 3. The van der Waals surface area contributed by atoms with Gasteiger partial charge in [-0.1, -0.05) is 200 Å². The highest BCUT2D eigenvalue weighted by molar-refractivity contribution is 7.25. The lowest BCUT2D eigenvalue weighted by atomic mass is 9.52. The number of hydrogen-bond donors (Lipinski definition) is 1. The predicted molar refractivity (Wildman–Crippen MR) is 264 cm³/mol. The van der Waals surface area contributed by atoms with Crippen molar-refractivity contribution in [1.82, 2.24) is 0 Å². The average molecular weight is 820 g/mol. The molecule has 296 valence electrons. The van der Waals surface area contributed by atoms with E-state index in [0.717, 1.165) is 23.3 Å². The van der Waals surface area contributed by atoms with E-state index < -0.39 is 10.8 Å². The van der Waals surface area contributed by atoms with Crippen LogP contribution in [0.1, 0.15) is 61.2 Å². The van der Waals surface area contributed by atoms with E-state index in [9.17, 15) is 0 Å². The first-order valence-electron chi connectivity index (χ1n) is 21.9. The summed E-state index contributed by atoms with van der Waals surface area (Å²) in [6.45, 7) is 0. The van der Waals surface area contributed by atoms with Crippen LogP contribution in [-0.4, -0.2) is 0 Å². The van der Waals surface area contributed by atoms with Gasteiger partial charge in [0.1, 0.15) is 0 Å². The Kier molecular flexibility index (Phi) is 7.89. The molecule has 13 rings (SSSR count). The highest BCUT2D eigenvalue weighted by atomic mass is 32.1. The van der Waals surface area contributed by atoms with Gasteiger partial charge in [0.05, 0.1) is 10.8 Å². The van der Waals surface area contributed by atoms with Crippen LogP contribution >= 0.6 is 11.3 Å². The molecule has 1 aromatic heterocycles. The molecule has 2 spiro atoms. The molecule has 0 bridgehead atoms. The molecule has 0 atom stereocenters. The normalized spacial score (nSPS) is 14.9. The lowest BCUT2D eigenvalue weighted by Crippen LogP contribution is -2.44. The second-order valence-electron chi connectivity index (χ2n) is 17.2. The molecule has 0 amide bonds. The Bertz CT molecular complexity index is 3450. The maximum atomic E-state index is 7.15. The van der Waals surface area contributed by atoms with E-state index in [4.69, 9.17) is 5.73 Å². The van der Waals surface area contributed by atoms with E-state index in [2.05, 4.69) is 218 Å². The van der Waals surface area contributed by atoms with Gasteiger partial charge >= 0.3 is 0 Å². The molecule has 63 heavy (non-hydrogen) atoms.